The van der Waals surface area contributed by atoms with Gasteiger partial charge in [0.2, 0.25) is 11.8 Å². The van der Waals surface area contributed by atoms with E-state index in [4.69, 9.17) is 5.73 Å². The molecule has 1 saturated heterocycles. The van der Waals surface area contributed by atoms with E-state index in [-0.39, 0.29) is 42.3 Å². The normalized spacial score (nSPS) is 16.1. The van der Waals surface area contributed by atoms with E-state index in [1.54, 1.807) is 42.5 Å². The molecule has 1 fully saturated rings. The highest BCUT2D eigenvalue weighted by atomic mass is 32.2. The molecular formula is C22H23N3O6S. The molecule has 3 rings (SSSR count). The lowest BCUT2D eigenvalue weighted by Crippen LogP contribution is -2.41. The van der Waals surface area contributed by atoms with Crippen molar-refractivity contribution in [1.29, 1.82) is 0 Å². The van der Waals surface area contributed by atoms with E-state index < -0.39 is 39.2 Å². The summed E-state index contributed by atoms with van der Waals surface area (Å²) in [5, 5.41) is 2.51. The molecule has 1 aliphatic heterocycles. The number of rotatable bonds is 8. The van der Waals surface area contributed by atoms with Gasteiger partial charge in [0.1, 0.15) is 6.04 Å². The average Bonchev–Trinajstić information content (AvgIpc) is 3.12. The van der Waals surface area contributed by atoms with Gasteiger partial charge in [-0.25, -0.2) is 8.42 Å². The Morgan fingerprint density at radius 2 is 1.69 bits per heavy atom. The molecule has 0 aliphatic carbocycles. The number of ketones is 1. The number of carbonyl (C=O) groups excluding carboxylic acids is 4. The highest BCUT2D eigenvalue weighted by molar-refractivity contribution is 7.90. The Kier molecular flexibility index (Phi) is 7.04. The Morgan fingerprint density at radius 1 is 1.03 bits per heavy atom. The molecule has 0 radical (unpaired) electrons. The molecular weight excluding hydrogens is 434 g/mol. The van der Waals surface area contributed by atoms with Gasteiger partial charge in [-0.3, -0.25) is 19.2 Å². The minimum absolute atomic E-state index is 0.0248. The van der Waals surface area contributed by atoms with Crippen LogP contribution in [0.4, 0.5) is 0 Å². The number of amides is 3. The van der Waals surface area contributed by atoms with Crippen LogP contribution in [0.1, 0.15) is 32.7 Å². The zero-order valence-corrected chi connectivity index (χ0v) is 18.0. The molecule has 2 aromatic rings. The predicted octanol–water partition coefficient (Wildman–Crippen LogP) is 0.300. The van der Waals surface area contributed by atoms with Crippen molar-refractivity contribution >= 4 is 33.3 Å². The highest BCUT2D eigenvalue weighted by Crippen LogP contribution is 2.14. The maximum absolute atomic E-state index is 12.5. The van der Waals surface area contributed by atoms with Crippen molar-refractivity contribution < 1.29 is 27.6 Å². The standard InChI is InChI=1S/C22H23N3O6S/c23-21(28)17-9-5-4-8-16(17)14-32(30,31)11-10-20(27)24-18-12-25(13-19(18)26)22(29)15-6-2-1-3-7-15/h1-9,18H,10-14H2,(H2,23,28)(H,24,27)/t18-/m1/s1. The quantitative estimate of drug-likeness (QED) is 0.583. The zero-order chi connectivity index (χ0) is 23.3. The van der Waals surface area contributed by atoms with Gasteiger partial charge >= 0.3 is 0 Å². The Morgan fingerprint density at radius 3 is 2.38 bits per heavy atom. The Hall–Kier alpha value is -3.53. The summed E-state index contributed by atoms with van der Waals surface area (Å²) in [6, 6.07) is 13.7. The molecule has 0 saturated carbocycles. The minimum Gasteiger partial charge on any atom is -0.366 e. The summed E-state index contributed by atoms with van der Waals surface area (Å²) >= 11 is 0. The molecule has 3 N–H and O–H groups in total. The van der Waals surface area contributed by atoms with Crippen LogP contribution < -0.4 is 11.1 Å². The molecule has 1 atom stereocenters. The minimum atomic E-state index is -3.71. The van der Waals surface area contributed by atoms with Crippen LogP contribution in [-0.4, -0.2) is 61.7 Å². The number of Topliss-reactive ketones (excluding diaryl/α,β-unsaturated/α-hetero) is 1. The number of nitrogens with one attached hydrogen (secondary N) is 1. The number of hydrogen-bond acceptors (Lipinski definition) is 6. The van der Waals surface area contributed by atoms with Crippen molar-refractivity contribution in [2.45, 2.75) is 18.2 Å². The largest absolute Gasteiger partial charge is 0.366 e. The molecule has 1 heterocycles. The number of benzene rings is 2. The Bertz CT molecular complexity index is 1150. The van der Waals surface area contributed by atoms with Crippen LogP contribution >= 0.6 is 0 Å². The van der Waals surface area contributed by atoms with Crippen molar-refractivity contribution in [2.75, 3.05) is 18.8 Å². The van der Waals surface area contributed by atoms with E-state index >= 15 is 0 Å². The van der Waals surface area contributed by atoms with Crippen LogP contribution in [0.5, 0.6) is 0 Å². The third kappa shape index (κ3) is 5.79. The van der Waals surface area contributed by atoms with Crippen LogP contribution in [0.2, 0.25) is 0 Å². The first-order valence-corrected chi connectivity index (χ1v) is 11.7. The topological polar surface area (TPSA) is 144 Å². The van der Waals surface area contributed by atoms with Crippen molar-refractivity contribution in [3.63, 3.8) is 0 Å². The van der Waals surface area contributed by atoms with Gasteiger partial charge in [-0.1, -0.05) is 36.4 Å². The molecule has 9 nitrogen and oxygen atoms in total. The summed E-state index contributed by atoms with van der Waals surface area (Å²) in [6.45, 7) is -0.0993. The zero-order valence-electron chi connectivity index (χ0n) is 17.2. The lowest BCUT2D eigenvalue weighted by molar-refractivity contribution is -0.125. The van der Waals surface area contributed by atoms with Crippen molar-refractivity contribution in [3.8, 4) is 0 Å². The lowest BCUT2D eigenvalue weighted by atomic mass is 10.1. The van der Waals surface area contributed by atoms with Gasteiger partial charge in [0.05, 0.1) is 18.1 Å². The van der Waals surface area contributed by atoms with Crippen LogP contribution in [0.3, 0.4) is 0 Å². The third-order valence-corrected chi connectivity index (χ3v) is 6.66. The predicted molar refractivity (Wildman–Crippen MR) is 116 cm³/mol. The van der Waals surface area contributed by atoms with Gasteiger partial charge < -0.3 is 16.0 Å². The second-order valence-electron chi connectivity index (χ2n) is 7.50. The summed E-state index contributed by atoms with van der Waals surface area (Å²) in [4.78, 5) is 49.8. The van der Waals surface area contributed by atoms with E-state index in [1.165, 1.54) is 17.0 Å². The van der Waals surface area contributed by atoms with E-state index in [2.05, 4.69) is 5.32 Å². The maximum Gasteiger partial charge on any atom is 0.254 e. The maximum atomic E-state index is 12.5. The monoisotopic (exact) mass is 457 g/mol. The van der Waals surface area contributed by atoms with Gasteiger partial charge in [0, 0.05) is 24.1 Å². The number of likely N-dealkylation sites (tertiary alicyclic amines) is 1. The number of hydrogen-bond donors (Lipinski definition) is 2. The molecule has 0 bridgehead atoms. The van der Waals surface area contributed by atoms with Gasteiger partial charge in [-0.15, -0.1) is 0 Å². The first-order chi connectivity index (χ1) is 15.2. The van der Waals surface area contributed by atoms with Crippen molar-refractivity contribution in [2.24, 2.45) is 5.73 Å². The molecule has 3 amide bonds. The summed E-state index contributed by atoms with van der Waals surface area (Å²) in [7, 11) is -3.71. The molecule has 32 heavy (non-hydrogen) atoms. The highest BCUT2D eigenvalue weighted by Gasteiger charge is 2.35. The van der Waals surface area contributed by atoms with E-state index in [9.17, 15) is 27.6 Å². The Labute approximate surface area is 185 Å². The molecule has 1 aliphatic rings. The summed E-state index contributed by atoms with van der Waals surface area (Å²) in [5.74, 6) is -2.86. The smallest absolute Gasteiger partial charge is 0.254 e. The number of carbonyl (C=O) groups is 4. The Balaban J connectivity index is 1.54. The fourth-order valence-corrected chi connectivity index (χ4v) is 4.81. The summed E-state index contributed by atoms with van der Waals surface area (Å²) in [5.41, 5.74) is 6.09. The SMILES string of the molecule is NC(=O)c1ccccc1CS(=O)(=O)CCC(=O)N[C@@H]1CN(C(=O)c2ccccc2)CC1=O. The average molecular weight is 458 g/mol. The lowest BCUT2D eigenvalue weighted by Gasteiger charge is -2.16. The van der Waals surface area contributed by atoms with Gasteiger partial charge in [-0.2, -0.15) is 0 Å². The first kappa shape index (κ1) is 23.1. The van der Waals surface area contributed by atoms with E-state index in [0.717, 1.165) is 0 Å². The molecule has 0 spiro atoms. The third-order valence-electron chi connectivity index (χ3n) is 5.08. The molecule has 0 unspecified atom stereocenters. The van der Waals surface area contributed by atoms with E-state index in [1.807, 2.05) is 0 Å². The summed E-state index contributed by atoms with van der Waals surface area (Å²) in [6.07, 6.45) is -0.350. The molecule has 10 heteroatoms. The van der Waals surface area contributed by atoms with Gasteiger partial charge in [0.25, 0.3) is 5.91 Å². The van der Waals surface area contributed by atoms with Crippen molar-refractivity contribution in [3.05, 3.63) is 71.3 Å². The van der Waals surface area contributed by atoms with Crippen molar-refractivity contribution in [1.82, 2.24) is 10.2 Å². The van der Waals surface area contributed by atoms with Gasteiger partial charge in [-0.05, 0) is 23.8 Å². The van der Waals surface area contributed by atoms with Crippen LogP contribution in [0.25, 0.3) is 0 Å². The number of primary amides is 1. The van der Waals surface area contributed by atoms with Crippen LogP contribution in [0.15, 0.2) is 54.6 Å². The number of nitrogens with zero attached hydrogens (tertiary/aromatic N) is 1. The molecule has 0 aromatic heterocycles. The fraction of sp³-hybridized carbons (Fsp3) is 0.273. The van der Waals surface area contributed by atoms with Gasteiger partial charge in [0.15, 0.2) is 15.6 Å². The van der Waals surface area contributed by atoms with Crippen LogP contribution in [-0.2, 0) is 25.2 Å². The second kappa shape index (κ2) is 9.73. The number of sulfone groups is 1. The molecule has 2 aromatic carbocycles. The second-order valence-corrected chi connectivity index (χ2v) is 9.69. The first-order valence-electron chi connectivity index (χ1n) is 9.91. The fourth-order valence-electron chi connectivity index (χ4n) is 3.44. The van der Waals surface area contributed by atoms with E-state index in [0.29, 0.717) is 5.56 Å². The summed E-state index contributed by atoms with van der Waals surface area (Å²) < 4.78 is 24.9. The molecule has 168 valence electrons. The number of nitrogens with two attached hydrogens (primary N) is 1. The van der Waals surface area contributed by atoms with Crippen LogP contribution in [0, 0.1) is 0 Å².